The predicted octanol–water partition coefficient (Wildman–Crippen LogP) is 8.37. The number of unbranched alkanes of at least 4 members (excludes halogenated alkanes) is 1. The van der Waals surface area contributed by atoms with E-state index in [2.05, 4.69) is 68.5 Å². The van der Waals surface area contributed by atoms with Gasteiger partial charge in [-0.05, 0) is 53.4 Å². The highest BCUT2D eigenvalue weighted by Crippen LogP contribution is 2.37. The number of esters is 1. The van der Waals surface area contributed by atoms with Crippen LogP contribution in [0.2, 0.25) is 23.3 Å². The maximum atomic E-state index is 12.2. The fourth-order valence-electron chi connectivity index (χ4n) is 3.73. The van der Waals surface area contributed by atoms with Crippen LogP contribution in [0, 0.1) is 0 Å². The van der Waals surface area contributed by atoms with Gasteiger partial charge >= 0.3 is 5.97 Å². The van der Waals surface area contributed by atoms with Crippen LogP contribution < -0.4 is 0 Å². The van der Waals surface area contributed by atoms with Crippen molar-refractivity contribution in [3.05, 3.63) is 82.4 Å². The topological polar surface area (TPSA) is 53.4 Å². The van der Waals surface area contributed by atoms with E-state index in [0.717, 1.165) is 41.1 Å². The number of benzene rings is 2. The van der Waals surface area contributed by atoms with Crippen LogP contribution in [0.1, 0.15) is 68.0 Å². The Morgan fingerprint density at radius 1 is 1.11 bits per heavy atom. The van der Waals surface area contributed by atoms with Gasteiger partial charge < -0.3 is 13.7 Å². The summed E-state index contributed by atoms with van der Waals surface area (Å²) in [7, 11) is -0.566. The summed E-state index contributed by atoms with van der Waals surface area (Å²) in [4.78, 5) is 16.9. The molecule has 2 aromatic carbocycles. The van der Waals surface area contributed by atoms with Gasteiger partial charge in [-0.1, -0.05) is 94.3 Å². The number of carbonyl (C=O) groups excluding carboxylic acids is 1. The van der Waals surface area contributed by atoms with Gasteiger partial charge in [0.05, 0.1) is 25.0 Å². The molecule has 0 saturated carbocycles. The number of allylic oxidation sites excluding steroid dienone is 1. The molecule has 0 radical (unpaired) electrons. The van der Waals surface area contributed by atoms with Gasteiger partial charge in [-0.3, -0.25) is 0 Å². The Morgan fingerprint density at radius 3 is 2.41 bits per heavy atom. The van der Waals surface area contributed by atoms with Gasteiger partial charge in [0.25, 0.3) is 0 Å². The van der Waals surface area contributed by atoms with Gasteiger partial charge in [0.2, 0.25) is 0 Å². The molecule has 7 heteroatoms. The van der Waals surface area contributed by atoms with Crippen molar-refractivity contribution in [3.63, 3.8) is 0 Å². The lowest BCUT2D eigenvalue weighted by atomic mass is 9.98. The zero-order chi connectivity index (χ0) is 27.2. The van der Waals surface area contributed by atoms with E-state index < -0.39 is 8.32 Å². The third kappa shape index (κ3) is 7.01. The average Bonchev–Trinajstić information content (AvgIpc) is 3.16. The molecule has 0 spiro atoms. The molecule has 198 valence electrons. The fourth-order valence-corrected chi connectivity index (χ4v) is 4.91. The highest BCUT2D eigenvalue weighted by molar-refractivity contribution is 6.74. The van der Waals surface area contributed by atoms with Crippen LogP contribution in [0.5, 0.6) is 0 Å². The number of hydrogen-bond acceptors (Lipinski definition) is 4. The molecule has 0 aliphatic heterocycles. The summed E-state index contributed by atoms with van der Waals surface area (Å²) < 4.78 is 13.6. The molecule has 0 unspecified atom stereocenters. The highest BCUT2D eigenvalue weighted by Gasteiger charge is 2.37. The second-order valence-electron chi connectivity index (χ2n) is 10.8. The van der Waals surface area contributed by atoms with E-state index in [4.69, 9.17) is 20.8 Å². The predicted molar refractivity (Wildman–Crippen MR) is 155 cm³/mol. The van der Waals surface area contributed by atoms with Crippen LogP contribution in [0.25, 0.3) is 17.2 Å². The molecule has 0 aliphatic carbocycles. The molecule has 37 heavy (non-hydrogen) atoms. The molecule has 3 rings (SSSR count). The molecule has 5 nitrogen and oxygen atoms in total. The van der Waals surface area contributed by atoms with Gasteiger partial charge in [-0.15, -0.1) is 0 Å². The number of nitrogens with zero attached hydrogens (tertiary/aromatic N) is 2. The molecule has 0 N–H and O–H groups in total. The van der Waals surface area contributed by atoms with Gasteiger partial charge in [-0.2, -0.15) is 0 Å². The van der Waals surface area contributed by atoms with E-state index >= 15 is 0 Å². The number of halogens is 1. The third-order valence-electron chi connectivity index (χ3n) is 7.09. The summed E-state index contributed by atoms with van der Waals surface area (Å²) in [6.07, 6.45) is 6.24. The van der Waals surface area contributed by atoms with Gasteiger partial charge in [-0.25, -0.2) is 9.78 Å². The number of rotatable bonds is 10. The lowest BCUT2D eigenvalue weighted by Gasteiger charge is -2.36. The van der Waals surface area contributed by atoms with Crippen molar-refractivity contribution < 1.29 is 14.0 Å². The average molecular weight is 539 g/mol. The lowest BCUT2D eigenvalue weighted by Crippen LogP contribution is -2.40. The van der Waals surface area contributed by atoms with Crippen molar-refractivity contribution in [2.75, 3.05) is 7.11 Å². The summed E-state index contributed by atoms with van der Waals surface area (Å²) in [5.41, 5.74) is 4.35. The van der Waals surface area contributed by atoms with Crippen LogP contribution in [0.3, 0.4) is 0 Å². The van der Waals surface area contributed by atoms with Gasteiger partial charge in [0.15, 0.2) is 13.5 Å². The molecule has 3 aromatic rings. The Balaban J connectivity index is 1.93. The van der Waals surface area contributed by atoms with Crippen molar-refractivity contribution in [1.82, 2.24) is 9.55 Å². The molecule has 0 bridgehead atoms. The van der Waals surface area contributed by atoms with E-state index in [1.165, 1.54) is 7.11 Å². The third-order valence-corrected chi connectivity index (χ3v) is 11.9. The van der Waals surface area contributed by atoms with Gasteiger partial charge in [0, 0.05) is 6.54 Å². The van der Waals surface area contributed by atoms with Crippen molar-refractivity contribution in [2.45, 2.75) is 71.8 Å². The number of ether oxygens (including phenoxy) is 1. The maximum Gasteiger partial charge on any atom is 0.338 e. The van der Waals surface area contributed by atoms with Gasteiger partial charge in [0.1, 0.15) is 5.82 Å². The molecule has 0 fully saturated rings. The first kappa shape index (κ1) is 28.9. The summed E-state index contributed by atoms with van der Waals surface area (Å²) in [5, 5.41) is 0.586. The number of aromatic nitrogens is 2. The molecule has 0 aliphatic rings. The fraction of sp³-hybridized carbons (Fsp3) is 0.400. The number of methoxy groups -OCH3 is 1. The second-order valence-corrected chi connectivity index (χ2v) is 15.9. The Bertz CT molecular complexity index is 1240. The smallest absolute Gasteiger partial charge is 0.338 e. The minimum Gasteiger partial charge on any atom is -0.465 e. The summed E-state index contributed by atoms with van der Waals surface area (Å²) in [6.45, 7) is 14.4. The second kappa shape index (κ2) is 12.2. The quantitative estimate of drug-likeness (QED) is 0.192. The molecular weight excluding hydrogens is 500 g/mol. The van der Waals surface area contributed by atoms with E-state index in [-0.39, 0.29) is 11.0 Å². The van der Waals surface area contributed by atoms with E-state index in [9.17, 15) is 4.79 Å². The van der Waals surface area contributed by atoms with Crippen molar-refractivity contribution in [2.24, 2.45) is 0 Å². The van der Waals surface area contributed by atoms with Crippen LogP contribution in [-0.4, -0.2) is 30.9 Å². The largest absolute Gasteiger partial charge is 0.465 e. The standard InChI is InChI=1S/C30H39ClN2O3Si/c1-8-9-10-15-27-32-28(31)26(21-36-37(6,7)30(2,3)4)33(27)20-22-16-18-23(19-17-22)24-13-11-12-14-25(24)29(34)35-5/h10-19H,8-9,20-21H2,1-7H3. The molecule has 1 heterocycles. The van der Waals surface area contributed by atoms with Crippen molar-refractivity contribution in [1.29, 1.82) is 0 Å². The van der Waals surface area contributed by atoms with Crippen LogP contribution in [0.4, 0.5) is 0 Å². The summed E-state index contributed by atoms with van der Waals surface area (Å²) in [6, 6.07) is 15.7. The Kier molecular flexibility index (Phi) is 9.56. The lowest BCUT2D eigenvalue weighted by molar-refractivity contribution is 0.0601. The normalized spacial score (nSPS) is 12.3. The van der Waals surface area contributed by atoms with Crippen molar-refractivity contribution in [3.8, 4) is 11.1 Å². The van der Waals surface area contributed by atoms with Crippen molar-refractivity contribution >= 4 is 32.0 Å². The Labute approximate surface area is 227 Å². The monoisotopic (exact) mass is 538 g/mol. The molecular formula is C30H39ClN2O3Si. The van der Waals surface area contributed by atoms with Crippen LogP contribution >= 0.6 is 11.6 Å². The van der Waals surface area contributed by atoms with Crippen LogP contribution in [0.15, 0.2) is 54.6 Å². The number of hydrogen-bond donors (Lipinski definition) is 0. The number of carbonyl (C=O) groups is 1. The zero-order valence-corrected chi connectivity index (χ0v) is 24.9. The number of imidazole rings is 1. The molecule has 0 atom stereocenters. The maximum absolute atomic E-state index is 12.2. The SMILES string of the molecule is CCCC=Cc1nc(Cl)c(CO[Si](C)(C)C(C)(C)C)n1Cc1ccc(-c2ccccc2C(=O)OC)cc1. The minimum absolute atomic E-state index is 0.102. The van der Waals surface area contributed by atoms with E-state index in [1.807, 2.05) is 36.4 Å². The highest BCUT2D eigenvalue weighted by atomic mass is 35.5. The molecule has 1 aromatic heterocycles. The summed E-state index contributed by atoms with van der Waals surface area (Å²) >= 11 is 6.66. The first-order chi connectivity index (χ1) is 17.5. The molecule has 0 saturated heterocycles. The van der Waals surface area contributed by atoms with E-state index in [0.29, 0.717) is 23.9 Å². The minimum atomic E-state index is -1.97. The Morgan fingerprint density at radius 2 is 1.78 bits per heavy atom. The first-order valence-electron chi connectivity index (χ1n) is 12.8. The van der Waals surface area contributed by atoms with E-state index in [1.54, 1.807) is 6.07 Å². The zero-order valence-electron chi connectivity index (χ0n) is 23.1. The first-order valence-corrected chi connectivity index (χ1v) is 16.1. The summed E-state index contributed by atoms with van der Waals surface area (Å²) in [5.74, 6) is 0.481. The molecule has 0 amide bonds. The Hall–Kier alpha value is -2.67. The van der Waals surface area contributed by atoms with Crippen LogP contribution in [-0.2, 0) is 22.3 Å².